The highest BCUT2D eigenvalue weighted by molar-refractivity contribution is 5.90. The van der Waals surface area contributed by atoms with Crippen LogP contribution in [0.4, 0.5) is 5.69 Å². The maximum atomic E-state index is 11.5. The second-order valence-electron chi connectivity index (χ2n) is 6.28. The summed E-state index contributed by atoms with van der Waals surface area (Å²) in [6.45, 7) is 6.05. The Labute approximate surface area is 143 Å². The molecule has 0 saturated carbocycles. The van der Waals surface area contributed by atoms with Crippen molar-refractivity contribution in [2.24, 2.45) is 0 Å². The van der Waals surface area contributed by atoms with Crippen molar-refractivity contribution in [1.82, 2.24) is 0 Å². The molecule has 126 valence electrons. The van der Waals surface area contributed by atoms with Gasteiger partial charge in [0.25, 0.3) is 0 Å². The standard InChI is InChI=1S/C20H23NO3/c1-14-12-21(13-15(2)24-14)19-10-8-17(9-11-19)16-4-6-18(7-5-16)20(22)23-3/h4-11,14-15H,12-13H2,1-3H3. The molecule has 1 heterocycles. The van der Waals surface area contributed by atoms with Gasteiger partial charge in [-0.1, -0.05) is 24.3 Å². The lowest BCUT2D eigenvalue weighted by atomic mass is 10.0. The van der Waals surface area contributed by atoms with E-state index in [1.54, 1.807) is 12.1 Å². The van der Waals surface area contributed by atoms with Gasteiger partial charge in [0, 0.05) is 18.8 Å². The number of esters is 1. The van der Waals surface area contributed by atoms with Crippen molar-refractivity contribution in [3.05, 3.63) is 54.1 Å². The molecular formula is C20H23NO3. The molecule has 1 aliphatic rings. The van der Waals surface area contributed by atoms with Crippen molar-refractivity contribution in [3.8, 4) is 11.1 Å². The van der Waals surface area contributed by atoms with Gasteiger partial charge in [0.05, 0.1) is 24.9 Å². The molecule has 2 aromatic rings. The lowest BCUT2D eigenvalue weighted by molar-refractivity contribution is -0.00521. The van der Waals surface area contributed by atoms with Gasteiger partial charge in [-0.2, -0.15) is 0 Å². The molecule has 1 aliphatic heterocycles. The molecule has 3 rings (SSSR count). The van der Waals surface area contributed by atoms with Crippen LogP contribution in [0.2, 0.25) is 0 Å². The molecular weight excluding hydrogens is 302 g/mol. The van der Waals surface area contributed by atoms with Gasteiger partial charge in [-0.25, -0.2) is 4.79 Å². The van der Waals surface area contributed by atoms with E-state index < -0.39 is 0 Å². The van der Waals surface area contributed by atoms with E-state index in [-0.39, 0.29) is 18.2 Å². The third-order valence-electron chi connectivity index (χ3n) is 4.29. The highest BCUT2D eigenvalue weighted by atomic mass is 16.5. The van der Waals surface area contributed by atoms with Crippen LogP contribution >= 0.6 is 0 Å². The zero-order chi connectivity index (χ0) is 17.1. The Morgan fingerprint density at radius 1 is 0.958 bits per heavy atom. The van der Waals surface area contributed by atoms with Gasteiger partial charge in [-0.05, 0) is 49.2 Å². The molecule has 0 amide bonds. The van der Waals surface area contributed by atoms with Crippen LogP contribution in [0.5, 0.6) is 0 Å². The number of morpholine rings is 1. The molecule has 0 spiro atoms. The fourth-order valence-corrected chi connectivity index (χ4v) is 3.17. The van der Waals surface area contributed by atoms with Crippen LogP contribution < -0.4 is 4.90 Å². The fourth-order valence-electron chi connectivity index (χ4n) is 3.17. The van der Waals surface area contributed by atoms with Crippen LogP contribution in [-0.4, -0.2) is 38.4 Å². The maximum absolute atomic E-state index is 11.5. The van der Waals surface area contributed by atoms with Gasteiger partial charge in [0.2, 0.25) is 0 Å². The first-order chi connectivity index (χ1) is 11.6. The van der Waals surface area contributed by atoms with E-state index in [1.165, 1.54) is 12.8 Å². The van der Waals surface area contributed by atoms with E-state index in [9.17, 15) is 4.79 Å². The van der Waals surface area contributed by atoms with Crippen molar-refractivity contribution in [2.75, 3.05) is 25.1 Å². The van der Waals surface area contributed by atoms with Crippen molar-refractivity contribution >= 4 is 11.7 Å². The molecule has 0 N–H and O–H groups in total. The molecule has 2 aromatic carbocycles. The average molecular weight is 325 g/mol. The number of benzene rings is 2. The van der Waals surface area contributed by atoms with Crippen LogP contribution in [0, 0.1) is 0 Å². The number of methoxy groups -OCH3 is 1. The lowest BCUT2D eigenvalue weighted by Gasteiger charge is -2.36. The lowest BCUT2D eigenvalue weighted by Crippen LogP contribution is -2.45. The van der Waals surface area contributed by atoms with Gasteiger partial charge in [0.1, 0.15) is 0 Å². The van der Waals surface area contributed by atoms with E-state index in [0.717, 1.165) is 24.2 Å². The number of rotatable bonds is 3. The van der Waals surface area contributed by atoms with Crippen LogP contribution in [0.25, 0.3) is 11.1 Å². The van der Waals surface area contributed by atoms with E-state index in [0.29, 0.717) is 5.56 Å². The molecule has 0 radical (unpaired) electrons. The number of ether oxygens (including phenoxy) is 2. The minimum atomic E-state index is -0.313. The monoisotopic (exact) mass is 325 g/mol. The highest BCUT2D eigenvalue weighted by Gasteiger charge is 2.22. The van der Waals surface area contributed by atoms with Crippen molar-refractivity contribution in [2.45, 2.75) is 26.1 Å². The van der Waals surface area contributed by atoms with E-state index in [1.807, 2.05) is 12.1 Å². The smallest absolute Gasteiger partial charge is 0.337 e. The summed E-state index contributed by atoms with van der Waals surface area (Å²) in [6.07, 6.45) is 0.499. The zero-order valence-electron chi connectivity index (χ0n) is 14.4. The Bertz CT molecular complexity index is 684. The predicted molar refractivity (Wildman–Crippen MR) is 95.4 cm³/mol. The van der Waals surface area contributed by atoms with Crippen LogP contribution in [0.1, 0.15) is 24.2 Å². The second-order valence-corrected chi connectivity index (χ2v) is 6.28. The van der Waals surface area contributed by atoms with Crippen LogP contribution in [-0.2, 0) is 9.47 Å². The van der Waals surface area contributed by atoms with E-state index in [4.69, 9.17) is 9.47 Å². The topological polar surface area (TPSA) is 38.8 Å². The summed E-state index contributed by atoms with van der Waals surface area (Å²) in [7, 11) is 1.39. The summed E-state index contributed by atoms with van der Waals surface area (Å²) >= 11 is 0. The van der Waals surface area contributed by atoms with Gasteiger partial charge >= 0.3 is 5.97 Å². The number of anilines is 1. The average Bonchev–Trinajstić information content (AvgIpc) is 2.60. The van der Waals surface area contributed by atoms with Crippen molar-refractivity contribution < 1.29 is 14.3 Å². The SMILES string of the molecule is COC(=O)c1ccc(-c2ccc(N3CC(C)OC(C)C3)cc2)cc1. The second kappa shape index (κ2) is 7.05. The predicted octanol–water partition coefficient (Wildman–Crippen LogP) is 3.75. The van der Waals surface area contributed by atoms with Gasteiger partial charge in [-0.15, -0.1) is 0 Å². The Hall–Kier alpha value is -2.33. The van der Waals surface area contributed by atoms with E-state index >= 15 is 0 Å². The maximum Gasteiger partial charge on any atom is 0.337 e. The normalized spacial score (nSPS) is 20.7. The zero-order valence-corrected chi connectivity index (χ0v) is 14.4. The van der Waals surface area contributed by atoms with Gasteiger partial charge in [0.15, 0.2) is 0 Å². The number of nitrogens with zero attached hydrogens (tertiary/aromatic N) is 1. The summed E-state index contributed by atoms with van der Waals surface area (Å²) in [5.41, 5.74) is 3.99. The minimum Gasteiger partial charge on any atom is -0.465 e. The fraction of sp³-hybridized carbons (Fsp3) is 0.350. The molecule has 2 atom stereocenters. The van der Waals surface area contributed by atoms with Gasteiger partial charge in [-0.3, -0.25) is 0 Å². The summed E-state index contributed by atoms with van der Waals surface area (Å²) in [5, 5.41) is 0. The number of carbonyl (C=O) groups is 1. The third kappa shape index (κ3) is 3.60. The number of carbonyl (C=O) groups excluding carboxylic acids is 1. The molecule has 24 heavy (non-hydrogen) atoms. The quantitative estimate of drug-likeness (QED) is 0.806. The molecule has 1 saturated heterocycles. The highest BCUT2D eigenvalue weighted by Crippen LogP contribution is 2.25. The molecule has 0 aliphatic carbocycles. The van der Waals surface area contributed by atoms with Gasteiger partial charge < -0.3 is 14.4 Å². The number of hydrogen-bond donors (Lipinski definition) is 0. The number of hydrogen-bond acceptors (Lipinski definition) is 4. The Kier molecular flexibility index (Phi) is 4.86. The molecule has 1 fully saturated rings. The van der Waals surface area contributed by atoms with Crippen molar-refractivity contribution in [1.29, 1.82) is 0 Å². The molecule has 2 unspecified atom stereocenters. The summed E-state index contributed by atoms with van der Waals surface area (Å²) < 4.78 is 10.5. The van der Waals surface area contributed by atoms with Crippen LogP contribution in [0.3, 0.4) is 0 Å². The third-order valence-corrected chi connectivity index (χ3v) is 4.29. The Morgan fingerprint density at radius 2 is 1.46 bits per heavy atom. The first-order valence-electron chi connectivity index (χ1n) is 8.26. The largest absolute Gasteiger partial charge is 0.465 e. The summed E-state index contributed by atoms with van der Waals surface area (Å²) in [5.74, 6) is -0.313. The molecule has 0 bridgehead atoms. The minimum absolute atomic E-state index is 0.249. The van der Waals surface area contributed by atoms with E-state index in [2.05, 4.69) is 43.0 Å². The van der Waals surface area contributed by atoms with Crippen LogP contribution in [0.15, 0.2) is 48.5 Å². The summed E-state index contributed by atoms with van der Waals surface area (Å²) in [6, 6.07) is 16.0. The molecule has 4 nitrogen and oxygen atoms in total. The molecule has 0 aromatic heterocycles. The molecule has 4 heteroatoms. The van der Waals surface area contributed by atoms with Crippen molar-refractivity contribution in [3.63, 3.8) is 0 Å². The Morgan fingerprint density at radius 3 is 1.96 bits per heavy atom. The Balaban J connectivity index is 1.75. The first kappa shape index (κ1) is 16.5. The summed E-state index contributed by atoms with van der Waals surface area (Å²) in [4.78, 5) is 13.9. The first-order valence-corrected chi connectivity index (χ1v) is 8.26.